The molecule has 0 aromatic heterocycles. The van der Waals surface area contributed by atoms with Gasteiger partial charge in [-0.1, -0.05) is 32.4 Å². The molecule has 1 heteroatoms. The Morgan fingerprint density at radius 1 is 1.42 bits per heavy atom. The largest absolute Gasteiger partial charge is 0.198 e. The third-order valence-electron chi connectivity index (χ3n) is 2.33. The summed E-state index contributed by atoms with van der Waals surface area (Å²) >= 11 is 0. The van der Waals surface area contributed by atoms with Crippen LogP contribution >= 0.6 is 0 Å². The van der Waals surface area contributed by atoms with Crippen LogP contribution in [0.25, 0.3) is 0 Å². The van der Waals surface area contributed by atoms with Crippen LogP contribution in [0.3, 0.4) is 0 Å². The minimum absolute atomic E-state index is 0.574. The maximum absolute atomic E-state index is 8.42. The summed E-state index contributed by atoms with van der Waals surface area (Å²) in [7, 11) is 0. The van der Waals surface area contributed by atoms with Crippen molar-refractivity contribution in [3.05, 3.63) is 11.6 Å². The third-order valence-corrected chi connectivity index (χ3v) is 2.33. The molecule has 0 spiro atoms. The van der Waals surface area contributed by atoms with Crippen LogP contribution in [0.1, 0.15) is 40.5 Å². The van der Waals surface area contributed by atoms with Crippen molar-refractivity contribution in [1.82, 2.24) is 0 Å². The summed E-state index contributed by atoms with van der Waals surface area (Å²) in [6, 6.07) is 2.15. The summed E-state index contributed by atoms with van der Waals surface area (Å²) in [4.78, 5) is 0. The van der Waals surface area contributed by atoms with Gasteiger partial charge in [0, 0.05) is 0 Å². The SMILES string of the molecule is CC(=CCC(C)C(C)C)CC#N. The highest BCUT2D eigenvalue weighted by Gasteiger charge is 2.04. The van der Waals surface area contributed by atoms with Gasteiger partial charge in [0.15, 0.2) is 0 Å². The predicted molar refractivity (Wildman–Crippen MR) is 52.6 cm³/mol. The second-order valence-electron chi connectivity index (χ2n) is 3.84. The van der Waals surface area contributed by atoms with Crippen LogP contribution in [0, 0.1) is 23.2 Å². The first kappa shape index (κ1) is 11.2. The Morgan fingerprint density at radius 2 is 2.00 bits per heavy atom. The average Bonchev–Trinajstić information content (AvgIpc) is 2.00. The minimum atomic E-state index is 0.574. The highest BCUT2D eigenvalue weighted by atomic mass is 14.2. The molecule has 0 aromatic rings. The zero-order valence-corrected chi connectivity index (χ0v) is 8.59. The van der Waals surface area contributed by atoms with E-state index in [-0.39, 0.29) is 0 Å². The lowest BCUT2D eigenvalue weighted by Crippen LogP contribution is -2.01. The lowest BCUT2D eigenvalue weighted by atomic mass is 9.94. The van der Waals surface area contributed by atoms with Gasteiger partial charge in [0.05, 0.1) is 12.5 Å². The number of nitrogens with zero attached hydrogens (tertiary/aromatic N) is 1. The van der Waals surface area contributed by atoms with Gasteiger partial charge in [-0.15, -0.1) is 0 Å². The fraction of sp³-hybridized carbons (Fsp3) is 0.727. The number of rotatable bonds is 4. The molecule has 0 aliphatic rings. The molecule has 0 amide bonds. The Bertz CT molecular complexity index is 184. The molecule has 0 fully saturated rings. The minimum Gasteiger partial charge on any atom is -0.198 e. The van der Waals surface area contributed by atoms with E-state index in [0.717, 1.165) is 18.3 Å². The zero-order valence-electron chi connectivity index (χ0n) is 8.59. The highest BCUT2D eigenvalue weighted by molar-refractivity contribution is 5.04. The summed E-state index contributed by atoms with van der Waals surface area (Å²) in [6.07, 6.45) is 3.86. The van der Waals surface area contributed by atoms with Gasteiger partial charge in [-0.2, -0.15) is 5.26 Å². The van der Waals surface area contributed by atoms with Gasteiger partial charge in [0.25, 0.3) is 0 Å². The maximum atomic E-state index is 8.42. The summed E-state index contributed by atoms with van der Waals surface area (Å²) in [6.45, 7) is 8.74. The summed E-state index contributed by atoms with van der Waals surface area (Å²) in [5.41, 5.74) is 1.20. The molecule has 12 heavy (non-hydrogen) atoms. The smallest absolute Gasteiger partial charge is 0.0666 e. The van der Waals surface area contributed by atoms with Crippen molar-refractivity contribution >= 4 is 0 Å². The van der Waals surface area contributed by atoms with Gasteiger partial charge in [0.1, 0.15) is 0 Å². The number of allylic oxidation sites excluding steroid dienone is 2. The molecule has 0 rings (SSSR count). The van der Waals surface area contributed by atoms with Gasteiger partial charge in [-0.25, -0.2) is 0 Å². The molecule has 0 N–H and O–H groups in total. The Morgan fingerprint density at radius 3 is 2.42 bits per heavy atom. The van der Waals surface area contributed by atoms with Gasteiger partial charge in [-0.05, 0) is 25.2 Å². The van der Waals surface area contributed by atoms with Gasteiger partial charge in [-0.3, -0.25) is 0 Å². The molecule has 0 bridgehead atoms. The third kappa shape index (κ3) is 4.96. The molecule has 0 aliphatic heterocycles. The van der Waals surface area contributed by atoms with Gasteiger partial charge < -0.3 is 0 Å². The molecule has 1 nitrogen and oxygen atoms in total. The van der Waals surface area contributed by atoms with E-state index in [2.05, 4.69) is 32.9 Å². The van der Waals surface area contributed by atoms with Crippen molar-refractivity contribution in [3.63, 3.8) is 0 Å². The Labute approximate surface area is 76.1 Å². The molecule has 0 saturated heterocycles. The Hall–Kier alpha value is -0.770. The monoisotopic (exact) mass is 165 g/mol. The summed E-state index contributed by atoms with van der Waals surface area (Å²) in [5.74, 6) is 1.45. The fourth-order valence-electron chi connectivity index (χ4n) is 0.856. The van der Waals surface area contributed by atoms with Crippen molar-refractivity contribution in [2.75, 3.05) is 0 Å². The fourth-order valence-corrected chi connectivity index (χ4v) is 0.856. The molecule has 1 atom stereocenters. The molecule has 0 saturated carbocycles. The van der Waals surface area contributed by atoms with E-state index in [4.69, 9.17) is 5.26 Å². The first-order chi connectivity index (χ1) is 5.57. The van der Waals surface area contributed by atoms with Crippen LogP contribution < -0.4 is 0 Å². The Balaban J connectivity index is 3.80. The van der Waals surface area contributed by atoms with Gasteiger partial charge in [0.2, 0.25) is 0 Å². The van der Waals surface area contributed by atoms with Crippen LogP contribution in [-0.4, -0.2) is 0 Å². The van der Waals surface area contributed by atoms with E-state index in [1.54, 1.807) is 0 Å². The van der Waals surface area contributed by atoms with E-state index in [0.29, 0.717) is 6.42 Å². The highest BCUT2D eigenvalue weighted by Crippen LogP contribution is 2.15. The normalized spacial score (nSPS) is 14.5. The lowest BCUT2D eigenvalue weighted by Gasteiger charge is -2.12. The van der Waals surface area contributed by atoms with E-state index < -0.39 is 0 Å². The van der Waals surface area contributed by atoms with Crippen LogP contribution in [0.15, 0.2) is 11.6 Å². The molecule has 0 radical (unpaired) electrons. The maximum Gasteiger partial charge on any atom is 0.0666 e. The number of hydrogen-bond donors (Lipinski definition) is 0. The zero-order chi connectivity index (χ0) is 9.56. The second kappa shape index (κ2) is 5.83. The topological polar surface area (TPSA) is 23.8 Å². The van der Waals surface area contributed by atoms with Crippen LogP contribution in [0.5, 0.6) is 0 Å². The van der Waals surface area contributed by atoms with E-state index in [9.17, 15) is 0 Å². The summed E-state index contributed by atoms with van der Waals surface area (Å²) in [5, 5.41) is 8.42. The molecule has 68 valence electrons. The van der Waals surface area contributed by atoms with Crippen molar-refractivity contribution in [2.24, 2.45) is 11.8 Å². The van der Waals surface area contributed by atoms with Crippen LogP contribution in [0.2, 0.25) is 0 Å². The van der Waals surface area contributed by atoms with Crippen LogP contribution in [-0.2, 0) is 0 Å². The molecular weight excluding hydrogens is 146 g/mol. The molecule has 0 aromatic carbocycles. The lowest BCUT2D eigenvalue weighted by molar-refractivity contribution is 0.423. The molecule has 0 heterocycles. The van der Waals surface area contributed by atoms with Crippen molar-refractivity contribution in [1.29, 1.82) is 5.26 Å². The standard InChI is InChI=1S/C11H19N/c1-9(2)11(4)6-5-10(3)7-8-12/h5,9,11H,6-7H2,1-4H3. The van der Waals surface area contributed by atoms with E-state index >= 15 is 0 Å². The first-order valence-electron chi connectivity index (χ1n) is 4.60. The number of hydrogen-bond acceptors (Lipinski definition) is 1. The second-order valence-corrected chi connectivity index (χ2v) is 3.84. The van der Waals surface area contributed by atoms with E-state index in [1.165, 1.54) is 5.57 Å². The van der Waals surface area contributed by atoms with Gasteiger partial charge >= 0.3 is 0 Å². The molecule has 1 unspecified atom stereocenters. The molecular formula is C11H19N. The predicted octanol–water partition coefficient (Wildman–Crippen LogP) is 3.53. The Kier molecular flexibility index (Phi) is 5.45. The summed E-state index contributed by atoms with van der Waals surface area (Å²) < 4.78 is 0. The van der Waals surface area contributed by atoms with Crippen molar-refractivity contribution in [2.45, 2.75) is 40.5 Å². The average molecular weight is 165 g/mol. The van der Waals surface area contributed by atoms with Crippen molar-refractivity contribution < 1.29 is 0 Å². The number of nitriles is 1. The first-order valence-corrected chi connectivity index (χ1v) is 4.60. The van der Waals surface area contributed by atoms with Crippen LogP contribution in [0.4, 0.5) is 0 Å². The quantitative estimate of drug-likeness (QED) is 0.585. The van der Waals surface area contributed by atoms with Crippen molar-refractivity contribution in [3.8, 4) is 6.07 Å². The molecule has 0 aliphatic carbocycles. The van der Waals surface area contributed by atoms with E-state index in [1.807, 2.05) is 6.92 Å².